The third kappa shape index (κ3) is 4.17. The van der Waals surface area contributed by atoms with Gasteiger partial charge in [-0.1, -0.05) is 24.3 Å². The van der Waals surface area contributed by atoms with Crippen molar-refractivity contribution in [2.45, 2.75) is 13.2 Å². The largest absolute Gasteiger partial charge is 0.434 e. The van der Waals surface area contributed by atoms with Gasteiger partial charge >= 0.3 is 6.61 Å². The first-order valence-electron chi connectivity index (χ1n) is 6.22. The molecule has 2 rings (SSSR count). The highest BCUT2D eigenvalue weighted by Crippen LogP contribution is 2.20. The second-order valence-corrected chi connectivity index (χ2v) is 4.30. The van der Waals surface area contributed by atoms with E-state index in [4.69, 9.17) is 5.73 Å². The predicted octanol–water partition coefficient (Wildman–Crippen LogP) is 2.80. The third-order valence-electron chi connectivity index (χ3n) is 2.75. The van der Waals surface area contributed by atoms with Gasteiger partial charge in [-0.25, -0.2) is 0 Å². The lowest BCUT2D eigenvalue weighted by Gasteiger charge is -2.11. The van der Waals surface area contributed by atoms with Gasteiger partial charge in [-0.3, -0.25) is 4.79 Å². The number of carbonyl (C=O) groups is 1. The number of nitrogen functional groups attached to an aromatic ring is 1. The molecule has 3 N–H and O–H groups in total. The number of rotatable bonds is 5. The van der Waals surface area contributed by atoms with Gasteiger partial charge in [-0.2, -0.15) is 8.78 Å². The van der Waals surface area contributed by atoms with Crippen LogP contribution >= 0.6 is 0 Å². The van der Waals surface area contributed by atoms with Crippen LogP contribution < -0.4 is 15.8 Å². The smallest absolute Gasteiger partial charge is 0.387 e. The number of para-hydroxylation sites is 1. The lowest BCUT2D eigenvalue weighted by atomic mass is 10.1. The monoisotopic (exact) mass is 292 g/mol. The molecule has 0 bridgehead atoms. The standard InChI is InChI=1S/C15H14F2N2O2/c16-15(17)21-13-7-2-1-6-12(13)14(20)19-9-10-4-3-5-11(18)8-10/h1-8,15H,9,18H2,(H,19,20). The quantitative estimate of drug-likeness (QED) is 0.833. The Balaban J connectivity index is 2.07. The molecule has 2 aromatic rings. The van der Waals surface area contributed by atoms with E-state index in [1.807, 2.05) is 0 Å². The SMILES string of the molecule is Nc1cccc(CNC(=O)c2ccccc2OC(F)F)c1. The number of halogens is 2. The van der Waals surface area contributed by atoms with Crippen LogP contribution in [0.25, 0.3) is 0 Å². The molecule has 0 heterocycles. The molecule has 0 aromatic heterocycles. The molecule has 110 valence electrons. The predicted molar refractivity (Wildman–Crippen MR) is 75.1 cm³/mol. The summed E-state index contributed by atoms with van der Waals surface area (Å²) in [4.78, 5) is 12.0. The van der Waals surface area contributed by atoms with Crippen molar-refractivity contribution in [2.24, 2.45) is 0 Å². The number of amides is 1. The molecule has 0 aliphatic heterocycles. The molecule has 21 heavy (non-hydrogen) atoms. The van der Waals surface area contributed by atoms with Crippen LogP contribution in [0.5, 0.6) is 5.75 Å². The maximum absolute atomic E-state index is 12.3. The number of nitrogens with two attached hydrogens (primary N) is 1. The first kappa shape index (κ1) is 14.8. The fourth-order valence-electron chi connectivity index (χ4n) is 1.83. The van der Waals surface area contributed by atoms with Crippen LogP contribution in [-0.2, 0) is 6.54 Å². The number of ether oxygens (including phenoxy) is 1. The summed E-state index contributed by atoms with van der Waals surface area (Å²) in [5.41, 5.74) is 7.10. The zero-order valence-electron chi connectivity index (χ0n) is 11.1. The molecule has 0 aliphatic carbocycles. The molecule has 1 amide bonds. The summed E-state index contributed by atoms with van der Waals surface area (Å²) in [6.45, 7) is -2.74. The van der Waals surface area contributed by atoms with Crippen LogP contribution in [0, 0.1) is 0 Å². The van der Waals surface area contributed by atoms with Crippen molar-refractivity contribution in [3.8, 4) is 5.75 Å². The van der Waals surface area contributed by atoms with Gasteiger partial charge in [0.1, 0.15) is 5.75 Å². The summed E-state index contributed by atoms with van der Waals surface area (Å²) in [7, 11) is 0. The van der Waals surface area contributed by atoms with Gasteiger partial charge in [0.2, 0.25) is 0 Å². The second-order valence-electron chi connectivity index (χ2n) is 4.30. The molecule has 0 radical (unpaired) electrons. The molecule has 0 unspecified atom stereocenters. The third-order valence-corrected chi connectivity index (χ3v) is 2.75. The van der Waals surface area contributed by atoms with E-state index in [0.717, 1.165) is 5.56 Å². The zero-order valence-corrected chi connectivity index (χ0v) is 11.1. The van der Waals surface area contributed by atoms with Gasteiger partial charge in [-0.05, 0) is 29.8 Å². The van der Waals surface area contributed by atoms with E-state index in [9.17, 15) is 13.6 Å². The highest BCUT2D eigenvalue weighted by Gasteiger charge is 2.14. The van der Waals surface area contributed by atoms with Gasteiger partial charge in [0, 0.05) is 12.2 Å². The van der Waals surface area contributed by atoms with Gasteiger partial charge in [-0.15, -0.1) is 0 Å². The van der Waals surface area contributed by atoms with Gasteiger partial charge < -0.3 is 15.8 Å². The van der Waals surface area contributed by atoms with Crippen molar-refractivity contribution in [2.75, 3.05) is 5.73 Å². The topological polar surface area (TPSA) is 64.3 Å². The molecule has 4 nitrogen and oxygen atoms in total. The summed E-state index contributed by atoms with van der Waals surface area (Å²) in [5, 5.41) is 2.64. The number of nitrogens with one attached hydrogen (secondary N) is 1. The molecule has 0 fully saturated rings. The second kappa shape index (κ2) is 6.69. The lowest BCUT2D eigenvalue weighted by molar-refractivity contribution is -0.0501. The number of hydrogen-bond donors (Lipinski definition) is 2. The maximum atomic E-state index is 12.3. The van der Waals surface area contributed by atoms with E-state index in [-0.39, 0.29) is 17.9 Å². The molecule has 6 heteroatoms. The fraction of sp³-hybridized carbons (Fsp3) is 0.133. The van der Waals surface area contributed by atoms with Crippen LogP contribution in [0.2, 0.25) is 0 Å². The Kier molecular flexibility index (Phi) is 4.71. The summed E-state index contributed by atoms with van der Waals surface area (Å²) in [5.74, 6) is -0.647. The van der Waals surface area contributed by atoms with E-state index < -0.39 is 12.5 Å². The van der Waals surface area contributed by atoms with Crippen molar-refractivity contribution in [3.05, 3.63) is 59.7 Å². The Hall–Kier alpha value is -2.63. The number of anilines is 1. The van der Waals surface area contributed by atoms with Crippen molar-refractivity contribution < 1.29 is 18.3 Å². The Morgan fingerprint density at radius 1 is 1.19 bits per heavy atom. The Morgan fingerprint density at radius 2 is 1.95 bits per heavy atom. The van der Waals surface area contributed by atoms with Gasteiger partial charge in [0.05, 0.1) is 5.56 Å². The zero-order chi connectivity index (χ0) is 15.2. The Bertz CT molecular complexity index is 633. The van der Waals surface area contributed by atoms with Crippen molar-refractivity contribution in [1.82, 2.24) is 5.32 Å². The van der Waals surface area contributed by atoms with Crippen LogP contribution in [0.4, 0.5) is 14.5 Å². The molecule has 0 atom stereocenters. The Morgan fingerprint density at radius 3 is 2.67 bits per heavy atom. The van der Waals surface area contributed by atoms with E-state index in [2.05, 4.69) is 10.1 Å². The highest BCUT2D eigenvalue weighted by atomic mass is 19.3. The molecular formula is C15H14F2N2O2. The molecule has 0 spiro atoms. The lowest BCUT2D eigenvalue weighted by Crippen LogP contribution is -2.23. The van der Waals surface area contributed by atoms with Crippen molar-refractivity contribution >= 4 is 11.6 Å². The highest BCUT2D eigenvalue weighted by molar-refractivity contribution is 5.96. The van der Waals surface area contributed by atoms with Gasteiger partial charge in [0.15, 0.2) is 0 Å². The van der Waals surface area contributed by atoms with E-state index in [1.165, 1.54) is 18.2 Å². The summed E-state index contributed by atoms with van der Waals surface area (Å²) in [6, 6.07) is 12.9. The van der Waals surface area contributed by atoms with Crippen LogP contribution in [0.3, 0.4) is 0 Å². The molecule has 0 saturated carbocycles. The van der Waals surface area contributed by atoms with Crippen LogP contribution in [0.15, 0.2) is 48.5 Å². The summed E-state index contributed by atoms with van der Waals surface area (Å²) in [6.07, 6.45) is 0. The van der Waals surface area contributed by atoms with Crippen LogP contribution in [0.1, 0.15) is 15.9 Å². The summed E-state index contributed by atoms with van der Waals surface area (Å²) < 4.78 is 28.9. The summed E-state index contributed by atoms with van der Waals surface area (Å²) >= 11 is 0. The first-order valence-corrected chi connectivity index (χ1v) is 6.22. The number of alkyl halides is 2. The van der Waals surface area contributed by atoms with E-state index >= 15 is 0 Å². The number of carbonyl (C=O) groups excluding carboxylic acids is 1. The normalized spacial score (nSPS) is 10.4. The van der Waals surface area contributed by atoms with Crippen molar-refractivity contribution in [3.63, 3.8) is 0 Å². The average molecular weight is 292 g/mol. The molecule has 0 saturated heterocycles. The molecule has 0 aliphatic rings. The Labute approximate surface area is 120 Å². The minimum atomic E-state index is -2.98. The van der Waals surface area contributed by atoms with Crippen molar-refractivity contribution in [1.29, 1.82) is 0 Å². The minimum Gasteiger partial charge on any atom is -0.434 e. The molecule has 2 aromatic carbocycles. The average Bonchev–Trinajstić information content (AvgIpc) is 2.45. The molecular weight excluding hydrogens is 278 g/mol. The van der Waals surface area contributed by atoms with Gasteiger partial charge in [0.25, 0.3) is 5.91 Å². The maximum Gasteiger partial charge on any atom is 0.387 e. The van der Waals surface area contributed by atoms with E-state index in [1.54, 1.807) is 30.3 Å². The number of benzene rings is 2. The first-order chi connectivity index (χ1) is 10.1. The van der Waals surface area contributed by atoms with E-state index in [0.29, 0.717) is 5.69 Å². The minimum absolute atomic E-state index is 0.0571. The number of hydrogen-bond acceptors (Lipinski definition) is 3. The van der Waals surface area contributed by atoms with Crippen LogP contribution in [-0.4, -0.2) is 12.5 Å². The fourth-order valence-corrected chi connectivity index (χ4v) is 1.83.